The third-order valence-corrected chi connectivity index (χ3v) is 5.03. The molecule has 4 rings (SSSR count). The first-order valence-corrected chi connectivity index (χ1v) is 10.8. The maximum Gasteiger partial charge on any atom is 0.267 e. The minimum atomic E-state index is -0.177. The molecule has 0 spiro atoms. The highest BCUT2D eigenvalue weighted by molar-refractivity contribution is 5.63. The zero-order valence-electron chi connectivity index (χ0n) is 18.4. The number of anilines is 1. The van der Waals surface area contributed by atoms with Crippen LogP contribution in [-0.2, 0) is 6.54 Å². The number of hydrogen-bond donors (Lipinski definition) is 2. The van der Waals surface area contributed by atoms with Gasteiger partial charge in [0.2, 0.25) is 0 Å². The van der Waals surface area contributed by atoms with Gasteiger partial charge in [0.05, 0.1) is 31.2 Å². The maximum absolute atomic E-state index is 12.4. The quantitative estimate of drug-likeness (QED) is 0.303. The lowest BCUT2D eigenvalue weighted by Crippen LogP contribution is -2.22. The first-order valence-electron chi connectivity index (χ1n) is 10.8. The van der Waals surface area contributed by atoms with E-state index < -0.39 is 0 Å². The Morgan fingerprint density at radius 2 is 1.79 bits per heavy atom. The number of nitrogen functional groups attached to an aromatic ring is 1. The Morgan fingerprint density at radius 3 is 2.58 bits per heavy atom. The summed E-state index contributed by atoms with van der Waals surface area (Å²) in [4.78, 5) is 21.3. The van der Waals surface area contributed by atoms with Crippen LogP contribution >= 0.6 is 0 Å². The van der Waals surface area contributed by atoms with Gasteiger partial charge in [0.1, 0.15) is 0 Å². The number of nitrogens with one attached hydrogen (secondary N) is 1. The van der Waals surface area contributed by atoms with E-state index in [1.807, 2.05) is 55.6 Å². The number of ether oxygens (including phenoxy) is 1. The summed E-state index contributed by atoms with van der Waals surface area (Å²) in [7, 11) is 1.91. The van der Waals surface area contributed by atoms with E-state index in [1.54, 1.807) is 18.5 Å². The lowest BCUT2D eigenvalue weighted by Gasteiger charge is -2.09. The molecule has 2 aromatic carbocycles. The van der Waals surface area contributed by atoms with Crippen LogP contribution in [0, 0.1) is 0 Å². The molecule has 0 saturated heterocycles. The van der Waals surface area contributed by atoms with Crippen LogP contribution in [0.4, 0.5) is 5.69 Å². The highest BCUT2D eigenvalue weighted by atomic mass is 16.5. The standard InChI is InChI=1S/C25H26N6O2/c1-27-11-4-12-33-22-15-28-25(29-16-22)20-7-2-5-18(13-20)17-31-24(32)10-9-23(30-31)19-6-3-8-21(26)14-19/h2-3,5-10,13-16,27H,4,11-12,17,26H2,1H3. The monoisotopic (exact) mass is 442 g/mol. The third kappa shape index (κ3) is 5.81. The van der Waals surface area contributed by atoms with Crippen molar-refractivity contribution in [3.8, 4) is 28.4 Å². The predicted molar refractivity (Wildman–Crippen MR) is 129 cm³/mol. The summed E-state index contributed by atoms with van der Waals surface area (Å²) >= 11 is 0. The molecule has 0 amide bonds. The molecule has 0 bridgehead atoms. The molecular weight excluding hydrogens is 416 g/mol. The lowest BCUT2D eigenvalue weighted by atomic mass is 10.1. The lowest BCUT2D eigenvalue weighted by molar-refractivity contribution is 0.307. The highest BCUT2D eigenvalue weighted by Crippen LogP contribution is 2.20. The molecule has 0 aliphatic carbocycles. The van der Waals surface area contributed by atoms with E-state index in [4.69, 9.17) is 10.5 Å². The van der Waals surface area contributed by atoms with Crippen molar-refractivity contribution in [3.63, 3.8) is 0 Å². The smallest absolute Gasteiger partial charge is 0.267 e. The van der Waals surface area contributed by atoms with Crippen molar-refractivity contribution < 1.29 is 4.74 Å². The zero-order valence-corrected chi connectivity index (χ0v) is 18.4. The van der Waals surface area contributed by atoms with Gasteiger partial charge in [-0.2, -0.15) is 5.10 Å². The summed E-state index contributed by atoms with van der Waals surface area (Å²) < 4.78 is 7.10. The Hall–Kier alpha value is -4.04. The molecule has 8 nitrogen and oxygen atoms in total. The second kappa shape index (κ2) is 10.5. The van der Waals surface area contributed by atoms with Crippen molar-refractivity contribution in [3.05, 3.63) is 89.0 Å². The summed E-state index contributed by atoms with van der Waals surface area (Å²) in [5, 5.41) is 7.61. The fraction of sp³-hybridized carbons (Fsp3) is 0.200. The molecule has 0 aliphatic rings. The van der Waals surface area contributed by atoms with Gasteiger partial charge in [-0.25, -0.2) is 14.6 Å². The van der Waals surface area contributed by atoms with Crippen LogP contribution in [-0.4, -0.2) is 39.9 Å². The van der Waals surface area contributed by atoms with Crippen LogP contribution in [0.1, 0.15) is 12.0 Å². The van der Waals surface area contributed by atoms with Crippen LogP contribution in [0.3, 0.4) is 0 Å². The molecule has 0 aliphatic heterocycles. The molecule has 8 heteroatoms. The molecule has 0 unspecified atom stereocenters. The average molecular weight is 443 g/mol. The average Bonchev–Trinajstić information content (AvgIpc) is 2.84. The minimum absolute atomic E-state index is 0.177. The van der Waals surface area contributed by atoms with Crippen molar-refractivity contribution in [1.29, 1.82) is 0 Å². The number of nitrogens with zero attached hydrogens (tertiary/aromatic N) is 4. The van der Waals surface area contributed by atoms with Gasteiger partial charge < -0.3 is 15.8 Å². The van der Waals surface area contributed by atoms with Crippen molar-refractivity contribution in [2.75, 3.05) is 25.9 Å². The van der Waals surface area contributed by atoms with Crippen molar-refractivity contribution in [2.24, 2.45) is 0 Å². The molecule has 33 heavy (non-hydrogen) atoms. The fourth-order valence-electron chi connectivity index (χ4n) is 3.37. The molecule has 2 heterocycles. The van der Waals surface area contributed by atoms with Crippen LogP contribution in [0.25, 0.3) is 22.6 Å². The first-order chi connectivity index (χ1) is 16.1. The van der Waals surface area contributed by atoms with E-state index >= 15 is 0 Å². The van der Waals surface area contributed by atoms with Gasteiger partial charge in [0.15, 0.2) is 11.6 Å². The molecule has 4 aromatic rings. The van der Waals surface area contributed by atoms with Crippen molar-refractivity contribution >= 4 is 5.69 Å². The molecule has 2 aromatic heterocycles. The van der Waals surface area contributed by atoms with Gasteiger partial charge in [-0.3, -0.25) is 4.79 Å². The summed E-state index contributed by atoms with van der Waals surface area (Å²) in [6, 6.07) is 18.4. The van der Waals surface area contributed by atoms with E-state index in [-0.39, 0.29) is 5.56 Å². The second-order valence-electron chi connectivity index (χ2n) is 7.59. The fourth-order valence-corrected chi connectivity index (χ4v) is 3.37. The van der Waals surface area contributed by atoms with E-state index in [1.165, 1.54) is 10.7 Å². The summed E-state index contributed by atoms with van der Waals surface area (Å²) in [6.45, 7) is 1.83. The Kier molecular flexibility index (Phi) is 7.06. The molecule has 0 saturated carbocycles. The van der Waals surface area contributed by atoms with Gasteiger partial charge >= 0.3 is 0 Å². The van der Waals surface area contributed by atoms with Gasteiger partial charge in [-0.15, -0.1) is 0 Å². The van der Waals surface area contributed by atoms with E-state index in [2.05, 4.69) is 20.4 Å². The Morgan fingerprint density at radius 1 is 1.00 bits per heavy atom. The zero-order chi connectivity index (χ0) is 23.0. The van der Waals surface area contributed by atoms with Gasteiger partial charge in [-0.1, -0.05) is 30.3 Å². The van der Waals surface area contributed by atoms with Crippen LogP contribution < -0.4 is 21.3 Å². The molecule has 0 atom stereocenters. The Balaban J connectivity index is 1.51. The minimum Gasteiger partial charge on any atom is -0.490 e. The summed E-state index contributed by atoms with van der Waals surface area (Å²) in [6.07, 6.45) is 4.26. The molecule has 0 fully saturated rings. The molecular formula is C25H26N6O2. The van der Waals surface area contributed by atoms with E-state index in [0.717, 1.165) is 29.7 Å². The van der Waals surface area contributed by atoms with Gasteiger partial charge in [-0.05, 0) is 49.8 Å². The van der Waals surface area contributed by atoms with E-state index in [9.17, 15) is 4.79 Å². The van der Waals surface area contributed by atoms with Crippen LogP contribution in [0.2, 0.25) is 0 Å². The number of nitrogens with two attached hydrogens (primary N) is 1. The number of benzene rings is 2. The number of hydrogen-bond acceptors (Lipinski definition) is 7. The van der Waals surface area contributed by atoms with Gasteiger partial charge in [0.25, 0.3) is 5.56 Å². The normalized spacial score (nSPS) is 10.8. The third-order valence-electron chi connectivity index (χ3n) is 5.03. The molecule has 168 valence electrons. The topological polar surface area (TPSA) is 108 Å². The Labute approximate surface area is 192 Å². The highest BCUT2D eigenvalue weighted by Gasteiger charge is 2.08. The van der Waals surface area contributed by atoms with Crippen molar-refractivity contribution in [2.45, 2.75) is 13.0 Å². The largest absolute Gasteiger partial charge is 0.490 e. The molecule has 3 N–H and O–H groups in total. The van der Waals surface area contributed by atoms with Gasteiger partial charge in [0, 0.05) is 22.9 Å². The number of rotatable bonds is 9. The second-order valence-corrected chi connectivity index (χ2v) is 7.59. The maximum atomic E-state index is 12.4. The van der Waals surface area contributed by atoms with Crippen LogP contribution in [0.5, 0.6) is 5.75 Å². The summed E-state index contributed by atoms with van der Waals surface area (Å²) in [5.74, 6) is 1.23. The molecule has 0 radical (unpaired) electrons. The van der Waals surface area contributed by atoms with E-state index in [0.29, 0.717) is 36.1 Å². The first kappa shape index (κ1) is 22.2. The Bertz CT molecular complexity index is 1270. The number of aromatic nitrogens is 4. The SMILES string of the molecule is CNCCCOc1cnc(-c2cccc(Cn3nc(-c4cccc(N)c4)ccc3=O)c2)nc1. The predicted octanol–water partition coefficient (Wildman–Crippen LogP) is 2.99. The summed E-state index contributed by atoms with van der Waals surface area (Å²) in [5.41, 5.74) is 9.68. The van der Waals surface area contributed by atoms with Crippen LogP contribution in [0.15, 0.2) is 77.9 Å². The van der Waals surface area contributed by atoms with Crippen molar-refractivity contribution in [1.82, 2.24) is 25.1 Å².